The summed E-state index contributed by atoms with van der Waals surface area (Å²) in [6.45, 7) is 7.96. The molecular formula is C27H30ClN3O2. The van der Waals surface area contributed by atoms with Gasteiger partial charge in [-0.3, -0.25) is 14.5 Å². The van der Waals surface area contributed by atoms with Gasteiger partial charge in [0.1, 0.15) is 12.6 Å². The number of nitrogens with zero attached hydrogens (tertiary/aromatic N) is 3. The fraction of sp³-hybridized carbons (Fsp3) is 0.333. The van der Waals surface area contributed by atoms with Gasteiger partial charge < -0.3 is 9.47 Å². The van der Waals surface area contributed by atoms with Gasteiger partial charge in [0.15, 0.2) is 0 Å². The van der Waals surface area contributed by atoms with E-state index in [0.717, 1.165) is 22.6 Å². The summed E-state index contributed by atoms with van der Waals surface area (Å²) in [7, 11) is 0. The molecule has 3 aromatic rings. The second-order valence-corrected chi connectivity index (χ2v) is 9.66. The number of benzene rings is 2. The number of carbonyl (C=O) groups is 2. The number of halogens is 1. The molecule has 0 saturated heterocycles. The summed E-state index contributed by atoms with van der Waals surface area (Å²) in [5, 5.41) is 0.618. The van der Waals surface area contributed by atoms with Crippen molar-refractivity contribution < 1.29 is 9.59 Å². The van der Waals surface area contributed by atoms with E-state index in [1.807, 2.05) is 99.5 Å². The first-order chi connectivity index (χ1) is 15.8. The van der Waals surface area contributed by atoms with Crippen molar-refractivity contribution >= 4 is 29.1 Å². The molecule has 2 heterocycles. The number of carbonyl (C=O) groups excluding carboxylic acids is 2. The van der Waals surface area contributed by atoms with Gasteiger partial charge in [0.2, 0.25) is 11.8 Å². The number of fused-ring (bicyclic) bond motifs is 3. The van der Waals surface area contributed by atoms with Crippen LogP contribution in [0, 0.1) is 5.92 Å². The average molecular weight is 464 g/mol. The Kier molecular flexibility index (Phi) is 6.61. The van der Waals surface area contributed by atoms with Gasteiger partial charge in [0.05, 0.1) is 17.1 Å². The molecule has 0 bridgehead atoms. The van der Waals surface area contributed by atoms with Gasteiger partial charge in [-0.05, 0) is 61.7 Å². The van der Waals surface area contributed by atoms with Crippen LogP contribution in [0.15, 0.2) is 66.9 Å². The Morgan fingerprint density at radius 1 is 0.970 bits per heavy atom. The number of hydrogen-bond acceptors (Lipinski definition) is 2. The summed E-state index contributed by atoms with van der Waals surface area (Å²) >= 11 is 6.35. The predicted molar refractivity (Wildman–Crippen MR) is 133 cm³/mol. The van der Waals surface area contributed by atoms with Gasteiger partial charge in [-0.1, -0.05) is 49.7 Å². The Morgan fingerprint density at radius 3 is 2.36 bits per heavy atom. The molecule has 1 aromatic heterocycles. The normalized spacial score (nSPS) is 14.9. The maximum atomic E-state index is 14.0. The zero-order valence-electron chi connectivity index (χ0n) is 19.5. The quantitative estimate of drug-likeness (QED) is 0.460. The van der Waals surface area contributed by atoms with E-state index in [-0.39, 0.29) is 36.4 Å². The molecule has 4 rings (SSSR count). The summed E-state index contributed by atoms with van der Waals surface area (Å²) in [6, 6.07) is 19.1. The fourth-order valence-electron chi connectivity index (χ4n) is 4.50. The minimum absolute atomic E-state index is 0.00123. The lowest BCUT2D eigenvalue weighted by atomic mass is 9.97. The Bertz CT molecular complexity index is 1170. The third-order valence-corrected chi connectivity index (χ3v) is 6.22. The van der Waals surface area contributed by atoms with Crippen LogP contribution >= 0.6 is 11.6 Å². The molecule has 2 amide bonds. The van der Waals surface area contributed by atoms with Crippen LogP contribution in [0.2, 0.25) is 5.02 Å². The Balaban J connectivity index is 1.80. The lowest BCUT2D eigenvalue weighted by Gasteiger charge is -2.40. The predicted octanol–water partition coefficient (Wildman–Crippen LogP) is 5.85. The van der Waals surface area contributed by atoms with Crippen molar-refractivity contribution in [2.45, 2.75) is 46.2 Å². The third-order valence-electron chi connectivity index (χ3n) is 5.98. The number of hydrogen-bond donors (Lipinski definition) is 0. The van der Waals surface area contributed by atoms with Crippen molar-refractivity contribution in [1.29, 1.82) is 0 Å². The molecule has 2 aromatic carbocycles. The number of aromatic nitrogens is 1. The van der Waals surface area contributed by atoms with Crippen molar-refractivity contribution in [3.05, 3.63) is 83.1 Å². The Hall–Kier alpha value is -3.05. The van der Waals surface area contributed by atoms with Gasteiger partial charge >= 0.3 is 0 Å². The second kappa shape index (κ2) is 9.44. The molecule has 1 atom stereocenters. The number of anilines is 1. The Labute approximate surface area is 200 Å². The van der Waals surface area contributed by atoms with Gasteiger partial charge in [0.25, 0.3) is 0 Å². The van der Waals surface area contributed by atoms with Gasteiger partial charge in [-0.15, -0.1) is 0 Å². The highest BCUT2D eigenvalue weighted by atomic mass is 35.5. The van der Waals surface area contributed by atoms with E-state index in [1.165, 1.54) is 0 Å². The zero-order chi connectivity index (χ0) is 23.7. The number of para-hydroxylation sites is 2. The molecule has 0 fully saturated rings. The van der Waals surface area contributed by atoms with Crippen molar-refractivity contribution in [3.63, 3.8) is 0 Å². The average Bonchev–Trinajstić information content (AvgIpc) is 3.25. The van der Waals surface area contributed by atoms with Crippen LogP contribution in [0.1, 0.15) is 51.4 Å². The molecule has 0 aliphatic carbocycles. The monoisotopic (exact) mass is 463 g/mol. The first-order valence-electron chi connectivity index (χ1n) is 11.4. The van der Waals surface area contributed by atoms with Crippen molar-refractivity contribution in [3.8, 4) is 5.69 Å². The first-order valence-corrected chi connectivity index (χ1v) is 11.8. The van der Waals surface area contributed by atoms with E-state index in [1.54, 1.807) is 4.90 Å². The Morgan fingerprint density at radius 2 is 1.70 bits per heavy atom. The highest BCUT2D eigenvalue weighted by Crippen LogP contribution is 2.42. The third kappa shape index (κ3) is 4.55. The van der Waals surface area contributed by atoms with Crippen LogP contribution in [0.5, 0.6) is 0 Å². The second-order valence-electron chi connectivity index (χ2n) is 9.23. The van der Waals surface area contributed by atoms with Crippen LogP contribution in [0.4, 0.5) is 5.69 Å². The van der Waals surface area contributed by atoms with Crippen LogP contribution in [-0.2, 0) is 9.59 Å². The standard InChI is InChI=1S/C27H30ClN3O2/c1-18(2)15-25(32)30(19(3)4)17-26(33)31-23-12-6-5-11-22(23)29-14-8-13-24(29)27(31)20-9-7-10-21(28)16-20/h5-14,16,18-19,27H,15,17H2,1-4H3. The van der Waals surface area contributed by atoms with E-state index >= 15 is 0 Å². The van der Waals surface area contributed by atoms with Crippen molar-refractivity contribution in [2.75, 3.05) is 11.4 Å². The van der Waals surface area contributed by atoms with Gasteiger partial charge in [0, 0.05) is 23.7 Å². The zero-order valence-corrected chi connectivity index (χ0v) is 20.3. The van der Waals surface area contributed by atoms with Gasteiger partial charge in [-0.2, -0.15) is 0 Å². The molecule has 5 nitrogen and oxygen atoms in total. The smallest absolute Gasteiger partial charge is 0.247 e. The van der Waals surface area contributed by atoms with Crippen LogP contribution in [0.25, 0.3) is 5.69 Å². The fourth-order valence-corrected chi connectivity index (χ4v) is 4.70. The molecular weight excluding hydrogens is 434 g/mol. The topological polar surface area (TPSA) is 45.6 Å². The van der Waals surface area contributed by atoms with E-state index in [0.29, 0.717) is 11.4 Å². The highest BCUT2D eigenvalue weighted by Gasteiger charge is 2.37. The minimum atomic E-state index is -0.352. The summed E-state index contributed by atoms with van der Waals surface area (Å²) < 4.78 is 2.12. The molecule has 1 unspecified atom stereocenters. The molecule has 0 saturated carbocycles. The SMILES string of the molecule is CC(C)CC(=O)N(CC(=O)N1c2ccccc2-n2cccc2C1c1cccc(Cl)c1)C(C)C. The largest absolute Gasteiger partial charge is 0.331 e. The van der Waals surface area contributed by atoms with Crippen LogP contribution in [0.3, 0.4) is 0 Å². The molecule has 172 valence electrons. The number of amides is 2. The first kappa shape index (κ1) is 23.1. The molecule has 0 radical (unpaired) electrons. The maximum Gasteiger partial charge on any atom is 0.247 e. The minimum Gasteiger partial charge on any atom is -0.331 e. The van der Waals surface area contributed by atoms with Crippen molar-refractivity contribution in [2.24, 2.45) is 5.92 Å². The number of rotatable bonds is 6. The van der Waals surface area contributed by atoms with Crippen molar-refractivity contribution in [1.82, 2.24) is 9.47 Å². The summed E-state index contributed by atoms with van der Waals surface area (Å²) in [5.41, 5.74) is 3.66. The summed E-state index contributed by atoms with van der Waals surface area (Å²) in [6.07, 6.45) is 2.43. The molecule has 33 heavy (non-hydrogen) atoms. The van der Waals surface area contributed by atoms with E-state index in [4.69, 9.17) is 11.6 Å². The van der Waals surface area contributed by atoms with Gasteiger partial charge in [-0.25, -0.2) is 0 Å². The lowest BCUT2D eigenvalue weighted by Crippen LogP contribution is -2.48. The molecule has 6 heteroatoms. The molecule has 1 aliphatic heterocycles. The maximum absolute atomic E-state index is 14.0. The van der Waals surface area contributed by atoms with E-state index in [2.05, 4.69) is 4.57 Å². The lowest BCUT2D eigenvalue weighted by molar-refractivity contribution is -0.137. The summed E-state index contributed by atoms with van der Waals surface area (Å²) in [5.74, 6) is 0.110. The molecule has 0 spiro atoms. The molecule has 1 aliphatic rings. The van der Waals surface area contributed by atoms with E-state index < -0.39 is 0 Å². The van der Waals surface area contributed by atoms with E-state index in [9.17, 15) is 9.59 Å². The highest BCUT2D eigenvalue weighted by molar-refractivity contribution is 6.30. The molecule has 0 N–H and O–H groups in total. The summed E-state index contributed by atoms with van der Waals surface area (Å²) in [4.78, 5) is 30.4. The van der Waals surface area contributed by atoms with Crippen LogP contribution < -0.4 is 4.90 Å². The van der Waals surface area contributed by atoms with Crippen LogP contribution in [-0.4, -0.2) is 33.9 Å².